The maximum absolute atomic E-state index is 13.9. The number of aromatic amines is 1. The molecule has 3 aliphatic heterocycles. The van der Waals surface area contributed by atoms with Crippen LogP contribution in [0.2, 0.25) is 0 Å². The second-order valence-corrected chi connectivity index (χ2v) is 12.8. The van der Waals surface area contributed by atoms with Crippen molar-refractivity contribution < 1.29 is 9.59 Å². The molecule has 3 aromatic heterocycles. The maximum Gasteiger partial charge on any atom is 0.237 e. The van der Waals surface area contributed by atoms with E-state index in [1.165, 1.54) is 5.57 Å². The number of carbonyl (C=O) groups is 2. The number of aryl methyl sites for hydroxylation is 2. The second kappa shape index (κ2) is 11.1. The van der Waals surface area contributed by atoms with Crippen molar-refractivity contribution >= 4 is 34.0 Å². The van der Waals surface area contributed by atoms with Crippen molar-refractivity contribution in [3.8, 4) is 22.6 Å². The first-order valence-corrected chi connectivity index (χ1v) is 15.8. The number of nitrogens with one attached hydrogen (secondary N) is 1. The van der Waals surface area contributed by atoms with Gasteiger partial charge in [0.15, 0.2) is 5.82 Å². The lowest BCUT2D eigenvalue weighted by atomic mass is 9.85. The highest BCUT2D eigenvalue weighted by Gasteiger charge is 2.51. The van der Waals surface area contributed by atoms with Crippen LogP contribution in [0, 0.1) is 5.41 Å². The summed E-state index contributed by atoms with van der Waals surface area (Å²) >= 11 is 0. The minimum atomic E-state index is -0.441. The highest BCUT2D eigenvalue weighted by molar-refractivity contribution is 6.03. The molecule has 0 bridgehead atoms. The van der Waals surface area contributed by atoms with Crippen molar-refractivity contribution in [3.05, 3.63) is 72.8 Å². The lowest BCUT2D eigenvalue weighted by Crippen LogP contribution is -2.43. The van der Waals surface area contributed by atoms with Gasteiger partial charge in [-0.1, -0.05) is 30.3 Å². The van der Waals surface area contributed by atoms with Gasteiger partial charge in [0.25, 0.3) is 0 Å². The fourth-order valence-corrected chi connectivity index (χ4v) is 7.23. The van der Waals surface area contributed by atoms with Gasteiger partial charge >= 0.3 is 0 Å². The van der Waals surface area contributed by atoms with Gasteiger partial charge in [-0.05, 0) is 55.1 Å². The molecule has 6 heterocycles. The number of anilines is 1. The van der Waals surface area contributed by atoms with Gasteiger partial charge in [0.05, 0.1) is 23.7 Å². The highest BCUT2D eigenvalue weighted by Crippen LogP contribution is 2.43. The Labute approximate surface area is 266 Å². The van der Waals surface area contributed by atoms with Crippen LogP contribution in [-0.2, 0) is 23.7 Å². The van der Waals surface area contributed by atoms with Gasteiger partial charge in [0.2, 0.25) is 11.8 Å². The lowest BCUT2D eigenvalue weighted by molar-refractivity contribution is -0.132. The lowest BCUT2D eigenvalue weighted by Gasteiger charge is -2.29. The average molecular weight is 617 g/mol. The molecule has 0 aliphatic carbocycles. The molecule has 8 rings (SSSR count). The number of amides is 2. The topological polar surface area (TPSA) is 121 Å². The van der Waals surface area contributed by atoms with Gasteiger partial charge in [-0.25, -0.2) is 4.98 Å². The quantitative estimate of drug-likeness (QED) is 0.310. The standard InChI is InChI=1S/C34H36N10O2/c1-40-19-26(18-36-40)31-28-17-27(7-8-29(28)37-38-31)44-16-12-34(33(44)46)11-15-42(21-34)20-30(45)43-13-9-24(10-14-43)23-3-5-25(6-4-23)32-35-22-41(2)39-32/h3-9,17-19,22H,10-16,20-21H2,1-2H3,(H,37,38). The first kappa shape index (κ1) is 28.4. The molecule has 46 heavy (non-hydrogen) atoms. The predicted octanol–water partition coefficient (Wildman–Crippen LogP) is 3.50. The van der Waals surface area contributed by atoms with E-state index in [0.717, 1.165) is 64.8 Å². The molecule has 2 aromatic carbocycles. The third kappa shape index (κ3) is 4.98. The minimum absolute atomic E-state index is 0.125. The van der Waals surface area contributed by atoms with E-state index in [0.29, 0.717) is 38.5 Å². The number of carbonyl (C=O) groups excluding carboxylic acids is 2. The Kier molecular flexibility index (Phi) is 6.82. The van der Waals surface area contributed by atoms with Crippen LogP contribution in [0.25, 0.3) is 39.1 Å². The summed E-state index contributed by atoms with van der Waals surface area (Å²) in [5, 5.41) is 17.2. The van der Waals surface area contributed by atoms with Crippen molar-refractivity contribution in [3.63, 3.8) is 0 Å². The van der Waals surface area contributed by atoms with E-state index in [-0.39, 0.29) is 11.8 Å². The fraction of sp³-hybridized carbons (Fsp3) is 0.353. The Morgan fingerprint density at radius 2 is 1.80 bits per heavy atom. The predicted molar refractivity (Wildman–Crippen MR) is 174 cm³/mol. The number of rotatable bonds is 6. The Morgan fingerprint density at radius 3 is 2.54 bits per heavy atom. The van der Waals surface area contributed by atoms with E-state index in [1.807, 2.05) is 54.4 Å². The molecule has 1 unspecified atom stereocenters. The van der Waals surface area contributed by atoms with Crippen molar-refractivity contribution in [2.45, 2.75) is 19.3 Å². The van der Waals surface area contributed by atoms with Gasteiger partial charge in [0.1, 0.15) is 12.0 Å². The van der Waals surface area contributed by atoms with Gasteiger partial charge in [-0.3, -0.25) is 29.0 Å². The zero-order valence-electron chi connectivity index (χ0n) is 26.1. The summed E-state index contributed by atoms with van der Waals surface area (Å²) < 4.78 is 3.45. The van der Waals surface area contributed by atoms with Crippen LogP contribution >= 0.6 is 0 Å². The molecule has 1 N–H and O–H groups in total. The summed E-state index contributed by atoms with van der Waals surface area (Å²) in [7, 11) is 3.74. The molecule has 12 heteroatoms. The number of likely N-dealkylation sites (tertiary alicyclic amines) is 1. The smallest absolute Gasteiger partial charge is 0.237 e. The zero-order valence-corrected chi connectivity index (χ0v) is 26.1. The summed E-state index contributed by atoms with van der Waals surface area (Å²) in [4.78, 5) is 37.6. The molecular formula is C34H36N10O2. The largest absolute Gasteiger partial charge is 0.338 e. The number of hydrogen-bond donors (Lipinski definition) is 1. The molecule has 0 saturated carbocycles. The summed E-state index contributed by atoms with van der Waals surface area (Å²) in [5.41, 5.74) is 6.52. The van der Waals surface area contributed by atoms with Crippen molar-refractivity contribution in [1.29, 1.82) is 0 Å². The number of benzene rings is 2. The molecule has 1 spiro atoms. The van der Waals surface area contributed by atoms with E-state index >= 15 is 0 Å². The number of hydrogen-bond acceptors (Lipinski definition) is 7. The van der Waals surface area contributed by atoms with E-state index in [4.69, 9.17) is 0 Å². The van der Waals surface area contributed by atoms with Crippen LogP contribution in [0.5, 0.6) is 0 Å². The normalized spacial score (nSPS) is 20.4. The summed E-state index contributed by atoms with van der Waals surface area (Å²) in [6.45, 7) is 3.68. The molecule has 2 fully saturated rings. The molecule has 0 radical (unpaired) electrons. The van der Waals surface area contributed by atoms with Crippen molar-refractivity contribution in [2.24, 2.45) is 19.5 Å². The molecule has 1 atom stereocenters. The summed E-state index contributed by atoms with van der Waals surface area (Å²) in [6.07, 6.45) is 9.98. The average Bonchev–Trinajstić information content (AvgIpc) is 3.91. The Bertz CT molecular complexity index is 1990. The van der Waals surface area contributed by atoms with E-state index < -0.39 is 5.41 Å². The maximum atomic E-state index is 13.9. The summed E-state index contributed by atoms with van der Waals surface area (Å²) in [6, 6.07) is 14.3. The minimum Gasteiger partial charge on any atom is -0.338 e. The zero-order chi connectivity index (χ0) is 31.4. The molecule has 2 saturated heterocycles. The van der Waals surface area contributed by atoms with Crippen molar-refractivity contribution in [2.75, 3.05) is 44.2 Å². The summed E-state index contributed by atoms with van der Waals surface area (Å²) in [5.74, 6) is 0.994. The molecule has 5 aromatic rings. The fourth-order valence-electron chi connectivity index (χ4n) is 7.23. The van der Waals surface area contributed by atoms with Gasteiger partial charge in [-0.2, -0.15) is 15.3 Å². The van der Waals surface area contributed by atoms with Gasteiger partial charge in [0, 0.05) is 68.7 Å². The Balaban J connectivity index is 0.893. The number of fused-ring (bicyclic) bond motifs is 1. The van der Waals surface area contributed by atoms with Gasteiger partial charge in [-0.15, -0.1) is 0 Å². The first-order chi connectivity index (χ1) is 22.3. The molecular weight excluding hydrogens is 580 g/mol. The Hall–Kier alpha value is -5.10. The number of H-pyrrole nitrogens is 1. The van der Waals surface area contributed by atoms with E-state index in [1.54, 1.807) is 21.9 Å². The molecule has 2 amide bonds. The first-order valence-electron chi connectivity index (χ1n) is 15.8. The van der Waals surface area contributed by atoms with E-state index in [9.17, 15) is 9.59 Å². The molecule has 12 nitrogen and oxygen atoms in total. The molecule has 234 valence electrons. The molecule has 3 aliphatic rings. The SMILES string of the molecule is Cn1cc(-c2n[nH]c3ccc(N4CCC5(CCN(CC(=O)N6CC=C(c7ccc(-c8ncn(C)n8)cc7)CC6)C5)C4=O)cc23)cn1. The van der Waals surface area contributed by atoms with Crippen LogP contribution in [0.4, 0.5) is 5.69 Å². The van der Waals surface area contributed by atoms with Crippen LogP contribution < -0.4 is 4.90 Å². The number of aromatic nitrogens is 7. The van der Waals surface area contributed by atoms with Crippen LogP contribution in [0.3, 0.4) is 0 Å². The highest BCUT2D eigenvalue weighted by atomic mass is 16.2. The van der Waals surface area contributed by atoms with Crippen LogP contribution in [0.15, 0.2) is 67.3 Å². The van der Waals surface area contributed by atoms with E-state index in [2.05, 4.69) is 54.6 Å². The third-order valence-electron chi connectivity index (χ3n) is 9.82. The monoisotopic (exact) mass is 616 g/mol. The van der Waals surface area contributed by atoms with Crippen LogP contribution in [-0.4, -0.2) is 95.6 Å². The third-order valence-corrected chi connectivity index (χ3v) is 9.82. The Morgan fingerprint density at radius 1 is 0.978 bits per heavy atom. The van der Waals surface area contributed by atoms with Gasteiger partial charge < -0.3 is 9.80 Å². The van der Waals surface area contributed by atoms with Crippen molar-refractivity contribution in [1.82, 2.24) is 44.5 Å². The number of nitrogens with zero attached hydrogens (tertiary/aromatic N) is 9. The second-order valence-electron chi connectivity index (χ2n) is 12.8. The van der Waals surface area contributed by atoms with Crippen LogP contribution in [0.1, 0.15) is 24.8 Å².